The summed E-state index contributed by atoms with van der Waals surface area (Å²) < 4.78 is 37.5. The van der Waals surface area contributed by atoms with Crippen LogP contribution in [0.15, 0.2) is 54.6 Å². The van der Waals surface area contributed by atoms with Gasteiger partial charge in [-0.15, -0.1) is 0 Å². The number of nitrogens with zero attached hydrogens (tertiary/aromatic N) is 1. The van der Waals surface area contributed by atoms with Crippen molar-refractivity contribution in [3.63, 3.8) is 0 Å². The van der Waals surface area contributed by atoms with Crippen molar-refractivity contribution in [2.24, 2.45) is 0 Å². The predicted octanol–water partition coefficient (Wildman–Crippen LogP) is 4.17. The molecule has 128 valence electrons. The third-order valence-electron chi connectivity index (χ3n) is 3.56. The van der Waals surface area contributed by atoms with Gasteiger partial charge in [-0.1, -0.05) is 37.3 Å². The van der Waals surface area contributed by atoms with Gasteiger partial charge < -0.3 is 5.32 Å². The van der Waals surface area contributed by atoms with Crippen LogP contribution in [0.3, 0.4) is 0 Å². The first-order valence-corrected chi connectivity index (χ1v) is 7.62. The Balaban J connectivity index is 1.91. The number of nitrogens with one attached hydrogen (secondary N) is 1. The number of halogens is 3. The van der Waals surface area contributed by atoms with Crippen LogP contribution in [-0.2, 0) is 17.5 Å². The van der Waals surface area contributed by atoms with Gasteiger partial charge in [0, 0.05) is 12.2 Å². The van der Waals surface area contributed by atoms with E-state index in [2.05, 4.69) is 5.32 Å². The van der Waals surface area contributed by atoms with Gasteiger partial charge in [-0.3, -0.25) is 9.69 Å². The molecular weight excluding hydrogens is 317 g/mol. The highest BCUT2D eigenvalue weighted by molar-refractivity contribution is 5.92. The normalized spacial score (nSPS) is 11.5. The molecule has 0 fully saturated rings. The van der Waals surface area contributed by atoms with Gasteiger partial charge in [-0.05, 0) is 36.4 Å². The van der Waals surface area contributed by atoms with E-state index in [1.807, 2.05) is 42.2 Å². The highest BCUT2D eigenvalue weighted by Crippen LogP contribution is 2.29. The average molecular weight is 336 g/mol. The molecule has 0 aliphatic heterocycles. The van der Waals surface area contributed by atoms with Crippen molar-refractivity contribution in [3.05, 3.63) is 65.7 Å². The Morgan fingerprint density at radius 1 is 1.04 bits per heavy atom. The average Bonchev–Trinajstić information content (AvgIpc) is 2.54. The smallest absolute Gasteiger partial charge is 0.325 e. The molecule has 0 unspecified atom stereocenters. The summed E-state index contributed by atoms with van der Waals surface area (Å²) in [5, 5.41) is 2.62. The molecule has 0 aliphatic carbocycles. The van der Waals surface area contributed by atoms with Crippen LogP contribution in [-0.4, -0.2) is 23.9 Å². The molecule has 2 aromatic carbocycles. The number of benzene rings is 2. The van der Waals surface area contributed by atoms with Crippen molar-refractivity contribution < 1.29 is 18.0 Å². The van der Waals surface area contributed by atoms with Crippen LogP contribution >= 0.6 is 0 Å². The molecule has 0 aliphatic rings. The van der Waals surface area contributed by atoms with Crippen molar-refractivity contribution in [1.29, 1.82) is 0 Å². The first kappa shape index (κ1) is 18.0. The second kappa shape index (κ2) is 7.97. The quantitative estimate of drug-likeness (QED) is 0.859. The summed E-state index contributed by atoms with van der Waals surface area (Å²) in [6, 6.07) is 14.2. The molecule has 2 rings (SSSR count). The molecule has 24 heavy (non-hydrogen) atoms. The fourth-order valence-corrected chi connectivity index (χ4v) is 2.27. The van der Waals surface area contributed by atoms with Gasteiger partial charge >= 0.3 is 6.18 Å². The minimum absolute atomic E-state index is 0.173. The first-order chi connectivity index (χ1) is 11.4. The minimum atomic E-state index is -4.38. The van der Waals surface area contributed by atoms with Gasteiger partial charge in [0.1, 0.15) is 0 Å². The van der Waals surface area contributed by atoms with Crippen LogP contribution in [0.25, 0.3) is 0 Å². The Hall–Kier alpha value is -2.34. The van der Waals surface area contributed by atoms with Crippen LogP contribution in [0.1, 0.15) is 18.1 Å². The molecule has 0 saturated carbocycles. The molecule has 0 radical (unpaired) electrons. The molecule has 0 heterocycles. The van der Waals surface area contributed by atoms with Crippen LogP contribution < -0.4 is 5.32 Å². The van der Waals surface area contributed by atoms with Gasteiger partial charge in [0.05, 0.1) is 12.1 Å². The van der Waals surface area contributed by atoms with Crippen LogP contribution in [0.2, 0.25) is 0 Å². The third kappa shape index (κ3) is 5.38. The van der Waals surface area contributed by atoms with E-state index >= 15 is 0 Å². The second-order valence-corrected chi connectivity index (χ2v) is 5.41. The topological polar surface area (TPSA) is 32.3 Å². The predicted molar refractivity (Wildman–Crippen MR) is 87.5 cm³/mol. The Kier molecular flexibility index (Phi) is 5.98. The van der Waals surface area contributed by atoms with Crippen molar-refractivity contribution in [2.75, 3.05) is 18.4 Å². The molecule has 3 nitrogen and oxygen atoms in total. The minimum Gasteiger partial charge on any atom is -0.325 e. The fraction of sp³-hybridized carbons (Fsp3) is 0.278. The number of carbonyl (C=O) groups excluding carboxylic acids is 1. The number of hydrogen-bond donors (Lipinski definition) is 1. The lowest BCUT2D eigenvalue weighted by Gasteiger charge is -2.20. The zero-order valence-electron chi connectivity index (χ0n) is 13.3. The summed E-state index contributed by atoms with van der Waals surface area (Å²) in [4.78, 5) is 14.0. The van der Waals surface area contributed by atoms with Crippen molar-refractivity contribution in [2.45, 2.75) is 19.6 Å². The number of carbonyl (C=O) groups is 1. The molecule has 0 spiro atoms. The SMILES string of the molecule is CCN(CC(=O)Nc1ccc(C(F)(F)F)cc1)Cc1ccccc1. The van der Waals surface area contributed by atoms with Gasteiger partial charge in [0.15, 0.2) is 0 Å². The highest BCUT2D eigenvalue weighted by atomic mass is 19.4. The molecule has 0 aromatic heterocycles. The first-order valence-electron chi connectivity index (χ1n) is 7.62. The summed E-state index contributed by atoms with van der Waals surface area (Å²) in [7, 11) is 0. The van der Waals surface area contributed by atoms with E-state index in [-0.39, 0.29) is 12.5 Å². The Morgan fingerprint density at radius 3 is 2.21 bits per heavy atom. The summed E-state index contributed by atoms with van der Waals surface area (Å²) in [5.74, 6) is -0.257. The largest absolute Gasteiger partial charge is 0.416 e. The lowest BCUT2D eigenvalue weighted by atomic mass is 10.2. The maximum absolute atomic E-state index is 12.5. The number of amides is 1. The van der Waals surface area contributed by atoms with E-state index in [1.54, 1.807) is 0 Å². The molecule has 1 N–H and O–H groups in total. The van der Waals surface area contributed by atoms with E-state index in [0.717, 1.165) is 17.7 Å². The zero-order valence-corrected chi connectivity index (χ0v) is 13.3. The van der Waals surface area contributed by atoms with E-state index in [9.17, 15) is 18.0 Å². The molecule has 6 heteroatoms. The molecule has 0 atom stereocenters. The molecular formula is C18H19F3N2O. The van der Waals surface area contributed by atoms with E-state index in [0.29, 0.717) is 18.8 Å². The lowest BCUT2D eigenvalue weighted by Crippen LogP contribution is -2.32. The van der Waals surface area contributed by atoms with Gasteiger partial charge in [0.25, 0.3) is 0 Å². The van der Waals surface area contributed by atoms with Gasteiger partial charge in [-0.2, -0.15) is 13.2 Å². The molecule has 0 saturated heterocycles. The summed E-state index contributed by atoms with van der Waals surface area (Å²) >= 11 is 0. The van der Waals surface area contributed by atoms with Crippen LogP contribution in [0.4, 0.5) is 18.9 Å². The summed E-state index contributed by atoms with van der Waals surface area (Å²) in [5.41, 5.74) is 0.713. The van der Waals surface area contributed by atoms with Gasteiger partial charge in [0.2, 0.25) is 5.91 Å². The Morgan fingerprint density at radius 2 is 1.67 bits per heavy atom. The maximum atomic E-state index is 12.5. The lowest BCUT2D eigenvalue weighted by molar-refractivity contribution is -0.137. The highest BCUT2D eigenvalue weighted by Gasteiger charge is 2.29. The second-order valence-electron chi connectivity index (χ2n) is 5.41. The Bertz CT molecular complexity index is 654. The van der Waals surface area contributed by atoms with Crippen molar-refractivity contribution in [3.8, 4) is 0 Å². The monoisotopic (exact) mass is 336 g/mol. The fourth-order valence-electron chi connectivity index (χ4n) is 2.27. The van der Waals surface area contributed by atoms with Crippen molar-refractivity contribution in [1.82, 2.24) is 4.90 Å². The Labute approximate surface area is 139 Å². The number of likely N-dealkylation sites (N-methyl/N-ethyl adjacent to an activating group) is 1. The number of alkyl halides is 3. The molecule has 1 amide bonds. The van der Waals surface area contributed by atoms with Crippen LogP contribution in [0, 0.1) is 0 Å². The standard InChI is InChI=1S/C18H19F3N2O/c1-2-23(12-14-6-4-3-5-7-14)13-17(24)22-16-10-8-15(9-11-16)18(19,20)21/h3-11H,2,12-13H2,1H3,(H,22,24). The number of anilines is 1. The van der Waals surface area contributed by atoms with E-state index in [4.69, 9.17) is 0 Å². The van der Waals surface area contributed by atoms with Crippen LogP contribution in [0.5, 0.6) is 0 Å². The zero-order chi connectivity index (χ0) is 17.6. The molecule has 0 bridgehead atoms. The summed E-state index contributed by atoms with van der Waals surface area (Å²) in [6.07, 6.45) is -4.38. The van der Waals surface area contributed by atoms with E-state index in [1.165, 1.54) is 12.1 Å². The molecule has 2 aromatic rings. The maximum Gasteiger partial charge on any atom is 0.416 e. The summed E-state index contributed by atoms with van der Waals surface area (Å²) in [6.45, 7) is 3.45. The van der Waals surface area contributed by atoms with Gasteiger partial charge in [-0.25, -0.2) is 0 Å². The number of rotatable bonds is 6. The third-order valence-corrected chi connectivity index (χ3v) is 3.56. The number of hydrogen-bond acceptors (Lipinski definition) is 2. The van der Waals surface area contributed by atoms with E-state index < -0.39 is 11.7 Å². The van der Waals surface area contributed by atoms with Crippen molar-refractivity contribution >= 4 is 11.6 Å².